The van der Waals surface area contributed by atoms with E-state index < -0.39 is 11.6 Å². The second kappa shape index (κ2) is 7.89. The zero-order valence-electron chi connectivity index (χ0n) is 11.6. The topological polar surface area (TPSA) is 46.2 Å². The van der Waals surface area contributed by atoms with E-state index in [9.17, 15) is 8.78 Å². The first-order valence-electron chi connectivity index (χ1n) is 6.46. The molecule has 0 fully saturated rings. The van der Waals surface area contributed by atoms with E-state index in [0.717, 1.165) is 6.07 Å². The van der Waals surface area contributed by atoms with Gasteiger partial charge in [-0.2, -0.15) is 0 Å². The van der Waals surface area contributed by atoms with Gasteiger partial charge in [0.25, 0.3) is 0 Å². The summed E-state index contributed by atoms with van der Waals surface area (Å²) in [6.45, 7) is 7.98. The summed E-state index contributed by atoms with van der Waals surface area (Å²) in [5.74, 6) is -0.856. The maximum atomic E-state index is 13.5. The van der Waals surface area contributed by atoms with E-state index in [2.05, 4.69) is 29.5 Å². The standard InChI is InChI=1S/C13H21F2N3O/c1-4-16-12-10(14)7-11(15)13(18-12)17-5-6-19-8-9(2)3/h7,9H,4-6,8H2,1-3H3,(H2,16,17,18). The molecule has 1 aromatic rings. The molecule has 19 heavy (non-hydrogen) atoms. The minimum atomic E-state index is -0.706. The van der Waals surface area contributed by atoms with Gasteiger partial charge in [0.2, 0.25) is 0 Å². The number of nitrogens with one attached hydrogen (secondary N) is 2. The number of halogens is 2. The third kappa shape index (κ3) is 5.38. The first kappa shape index (κ1) is 15.6. The van der Waals surface area contributed by atoms with Gasteiger partial charge in [0, 0.05) is 25.8 Å². The quantitative estimate of drug-likeness (QED) is 0.715. The summed E-state index contributed by atoms with van der Waals surface area (Å²) in [5, 5.41) is 5.53. The van der Waals surface area contributed by atoms with Crippen LogP contribution in [0.5, 0.6) is 0 Å². The SMILES string of the molecule is CCNc1nc(NCCOCC(C)C)c(F)cc1F. The molecule has 1 rings (SSSR count). The van der Waals surface area contributed by atoms with E-state index in [1.807, 2.05) is 6.92 Å². The van der Waals surface area contributed by atoms with Gasteiger partial charge >= 0.3 is 0 Å². The predicted molar refractivity (Wildman–Crippen MR) is 72.5 cm³/mol. The lowest BCUT2D eigenvalue weighted by molar-refractivity contribution is 0.118. The first-order valence-corrected chi connectivity index (χ1v) is 6.46. The smallest absolute Gasteiger partial charge is 0.168 e. The van der Waals surface area contributed by atoms with Gasteiger partial charge in [-0.3, -0.25) is 0 Å². The van der Waals surface area contributed by atoms with Gasteiger partial charge in [-0.05, 0) is 12.8 Å². The Morgan fingerprint density at radius 3 is 2.42 bits per heavy atom. The van der Waals surface area contributed by atoms with Crippen LogP contribution >= 0.6 is 0 Å². The van der Waals surface area contributed by atoms with Crippen molar-refractivity contribution >= 4 is 11.6 Å². The van der Waals surface area contributed by atoms with Crippen LogP contribution in [0, 0.1) is 17.6 Å². The molecule has 108 valence electrons. The van der Waals surface area contributed by atoms with Crippen molar-refractivity contribution in [3.63, 3.8) is 0 Å². The van der Waals surface area contributed by atoms with Crippen molar-refractivity contribution in [2.75, 3.05) is 36.9 Å². The highest BCUT2D eigenvalue weighted by molar-refractivity contribution is 5.47. The van der Waals surface area contributed by atoms with Crippen molar-refractivity contribution in [3.8, 4) is 0 Å². The number of hydrogen-bond acceptors (Lipinski definition) is 4. The highest BCUT2D eigenvalue weighted by atomic mass is 19.1. The Morgan fingerprint density at radius 1 is 1.21 bits per heavy atom. The Kier molecular flexibility index (Phi) is 6.49. The number of ether oxygens (including phenoxy) is 1. The molecule has 6 heteroatoms. The fourth-order valence-electron chi connectivity index (χ4n) is 1.44. The molecule has 0 amide bonds. The number of anilines is 2. The van der Waals surface area contributed by atoms with Crippen molar-refractivity contribution in [2.45, 2.75) is 20.8 Å². The number of aromatic nitrogens is 1. The Balaban J connectivity index is 2.50. The summed E-state index contributed by atoms with van der Waals surface area (Å²) in [6, 6.07) is 0.822. The van der Waals surface area contributed by atoms with E-state index in [-0.39, 0.29) is 11.6 Å². The molecule has 0 aromatic carbocycles. The lowest BCUT2D eigenvalue weighted by atomic mass is 10.2. The van der Waals surface area contributed by atoms with Gasteiger partial charge in [0.1, 0.15) is 0 Å². The van der Waals surface area contributed by atoms with Gasteiger partial charge < -0.3 is 15.4 Å². The van der Waals surface area contributed by atoms with Gasteiger partial charge in [-0.25, -0.2) is 13.8 Å². The van der Waals surface area contributed by atoms with Crippen LogP contribution in [0.2, 0.25) is 0 Å². The molecule has 0 bridgehead atoms. The molecule has 0 spiro atoms. The Hall–Kier alpha value is -1.43. The number of hydrogen-bond donors (Lipinski definition) is 2. The zero-order chi connectivity index (χ0) is 14.3. The Bertz CT molecular complexity index is 400. The van der Waals surface area contributed by atoms with Crippen LogP contribution in [-0.4, -0.2) is 31.3 Å². The molecule has 0 atom stereocenters. The average molecular weight is 273 g/mol. The van der Waals surface area contributed by atoms with Crippen LogP contribution < -0.4 is 10.6 Å². The van der Waals surface area contributed by atoms with Crippen LogP contribution in [0.15, 0.2) is 6.07 Å². The van der Waals surface area contributed by atoms with Crippen molar-refractivity contribution in [1.29, 1.82) is 0 Å². The molecule has 0 aliphatic carbocycles. The molecular weight excluding hydrogens is 252 g/mol. The monoisotopic (exact) mass is 273 g/mol. The fourth-order valence-corrected chi connectivity index (χ4v) is 1.44. The largest absolute Gasteiger partial charge is 0.379 e. The van der Waals surface area contributed by atoms with Crippen molar-refractivity contribution in [3.05, 3.63) is 17.7 Å². The summed E-state index contributed by atoms with van der Waals surface area (Å²) in [7, 11) is 0. The van der Waals surface area contributed by atoms with E-state index in [1.54, 1.807) is 0 Å². The Labute approximate surface area is 112 Å². The molecule has 0 radical (unpaired) electrons. The predicted octanol–water partition coefficient (Wildman–Crippen LogP) is 2.88. The van der Waals surface area contributed by atoms with Gasteiger partial charge in [-0.15, -0.1) is 0 Å². The molecular formula is C13H21F2N3O. The van der Waals surface area contributed by atoms with E-state index in [0.29, 0.717) is 32.2 Å². The summed E-state index contributed by atoms with van der Waals surface area (Å²) in [6.07, 6.45) is 0. The lowest BCUT2D eigenvalue weighted by Crippen LogP contribution is -2.15. The number of nitrogens with zero attached hydrogens (tertiary/aromatic N) is 1. The molecule has 4 nitrogen and oxygen atoms in total. The van der Waals surface area contributed by atoms with E-state index in [1.165, 1.54) is 0 Å². The molecule has 1 aromatic heterocycles. The van der Waals surface area contributed by atoms with Crippen molar-refractivity contribution in [2.24, 2.45) is 5.92 Å². The van der Waals surface area contributed by atoms with Gasteiger partial charge in [0.05, 0.1) is 6.61 Å². The molecule has 1 heterocycles. The summed E-state index contributed by atoms with van der Waals surface area (Å²) >= 11 is 0. The lowest BCUT2D eigenvalue weighted by Gasteiger charge is -2.11. The average Bonchev–Trinajstić information content (AvgIpc) is 2.33. The Morgan fingerprint density at radius 2 is 1.84 bits per heavy atom. The fraction of sp³-hybridized carbons (Fsp3) is 0.615. The van der Waals surface area contributed by atoms with Gasteiger partial charge in [-0.1, -0.05) is 13.8 Å². The molecule has 0 saturated carbocycles. The van der Waals surface area contributed by atoms with Crippen LogP contribution in [0.3, 0.4) is 0 Å². The van der Waals surface area contributed by atoms with Crippen molar-refractivity contribution in [1.82, 2.24) is 4.98 Å². The van der Waals surface area contributed by atoms with Crippen LogP contribution in [-0.2, 0) is 4.74 Å². The second-order valence-electron chi connectivity index (χ2n) is 4.58. The summed E-state index contributed by atoms with van der Waals surface area (Å²) in [5.41, 5.74) is 0. The zero-order valence-corrected chi connectivity index (χ0v) is 11.6. The van der Waals surface area contributed by atoms with Crippen LogP contribution in [0.25, 0.3) is 0 Å². The normalized spacial score (nSPS) is 10.8. The highest BCUT2D eigenvalue weighted by Crippen LogP contribution is 2.18. The van der Waals surface area contributed by atoms with Gasteiger partial charge in [0.15, 0.2) is 23.3 Å². The van der Waals surface area contributed by atoms with Crippen LogP contribution in [0.1, 0.15) is 20.8 Å². The molecule has 0 saturated heterocycles. The minimum Gasteiger partial charge on any atom is -0.379 e. The number of pyridine rings is 1. The minimum absolute atomic E-state index is 0.0329. The maximum absolute atomic E-state index is 13.5. The third-order valence-electron chi connectivity index (χ3n) is 2.26. The highest BCUT2D eigenvalue weighted by Gasteiger charge is 2.10. The molecule has 2 N–H and O–H groups in total. The number of rotatable bonds is 8. The third-order valence-corrected chi connectivity index (χ3v) is 2.26. The van der Waals surface area contributed by atoms with E-state index >= 15 is 0 Å². The van der Waals surface area contributed by atoms with Crippen LogP contribution in [0.4, 0.5) is 20.4 Å². The summed E-state index contributed by atoms with van der Waals surface area (Å²) in [4.78, 5) is 3.87. The maximum Gasteiger partial charge on any atom is 0.168 e. The first-order chi connectivity index (χ1) is 9.04. The molecule has 0 unspecified atom stereocenters. The van der Waals surface area contributed by atoms with Crippen molar-refractivity contribution < 1.29 is 13.5 Å². The van der Waals surface area contributed by atoms with E-state index in [4.69, 9.17) is 4.74 Å². The second-order valence-corrected chi connectivity index (χ2v) is 4.58. The summed E-state index contributed by atoms with van der Waals surface area (Å²) < 4.78 is 32.2. The molecule has 0 aliphatic heterocycles. The molecule has 0 aliphatic rings.